The summed E-state index contributed by atoms with van der Waals surface area (Å²) in [6, 6.07) is 0. The number of nitrogens with zero attached hydrogens (tertiary/aromatic N) is 3. The zero-order chi connectivity index (χ0) is 10.1. The summed E-state index contributed by atoms with van der Waals surface area (Å²) in [4.78, 5) is 11.8. The largest absolute Gasteiger partial charge is 0.381 e. The third-order valence-electron chi connectivity index (χ3n) is 1.70. The van der Waals surface area contributed by atoms with Crippen LogP contribution in [0.2, 0.25) is 0 Å². The predicted molar refractivity (Wildman–Crippen MR) is 52.2 cm³/mol. The number of rotatable bonds is 1. The lowest BCUT2D eigenvalue weighted by Gasteiger charge is -2.01. The van der Waals surface area contributed by atoms with Crippen LogP contribution in [0.5, 0.6) is 0 Å². The predicted octanol–water partition coefficient (Wildman–Crippen LogP) is 1.63. The van der Waals surface area contributed by atoms with Gasteiger partial charge in [-0.3, -0.25) is 0 Å². The second kappa shape index (κ2) is 3.30. The van der Waals surface area contributed by atoms with Crippen molar-refractivity contribution in [3.05, 3.63) is 22.4 Å². The van der Waals surface area contributed by atoms with Gasteiger partial charge in [0.1, 0.15) is 5.69 Å². The second-order valence-electron chi connectivity index (χ2n) is 2.71. The molecule has 0 amide bonds. The van der Waals surface area contributed by atoms with E-state index in [4.69, 9.17) is 5.73 Å². The summed E-state index contributed by atoms with van der Waals surface area (Å²) < 4.78 is 13.1. The van der Waals surface area contributed by atoms with Crippen LogP contribution in [0.25, 0.3) is 11.5 Å². The van der Waals surface area contributed by atoms with E-state index in [1.54, 1.807) is 17.8 Å². The third kappa shape index (κ3) is 1.44. The molecule has 2 N–H and O–H groups in total. The van der Waals surface area contributed by atoms with E-state index in [9.17, 15) is 4.39 Å². The Morgan fingerprint density at radius 1 is 1.43 bits per heavy atom. The number of thiazole rings is 1. The van der Waals surface area contributed by atoms with Crippen LogP contribution in [0, 0.1) is 12.7 Å². The van der Waals surface area contributed by atoms with Gasteiger partial charge in [-0.2, -0.15) is 0 Å². The number of anilines is 1. The molecule has 0 aliphatic rings. The third-order valence-corrected chi connectivity index (χ3v) is 2.29. The van der Waals surface area contributed by atoms with E-state index in [-0.39, 0.29) is 11.5 Å². The van der Waals surface area contributed by atoms with Gasteiger partial charge in [0, 0.05) is 5.38 Å². The van der Waals surface area contributed by atoms with Crippen molar-refractivity contribution in [2.45, 2.75) is 6.92 Å². The summed E-state index contributed by atoms with van der Waals surface area (Å²) >= 11 is 1.42. The lowest BCUT2D eigenvalue weighted by molar-refractivity contribution is 0.608. The topological polar surface area (TPSA) is 64.7 Å². The number of hydrogen-bond donors (Lipinski definition) is 1. The summed E-state index contributed by atoms with van der Waals surface area (Å²) in [6.07, 6.45) is 0. The number of nitrogen functional groups attached to an aromatic ring is 1. The Morgan fingerprint density at radius 2 is 2.21 bits per heavy atom. The Balaban J connectivity index is 2.57. The number of hydrogen-bond acceptors (Lipinski definition) is 5. The van der Waals surface area contributed by atoms with E-state index in [1.807, 2.05) is 0 Å². The van der Waals surface area contributed by atoms with Crippen LogP contribution in [0.3, 0.4) is 0 Å². The van der Waals surface area contributed by atoms with E-state index in [0.29, 0.717) is 11.5 Å². The number of halogens is 1. The summed E-state index contributed by atoms with van der Waals surface area (Å²) in [7, 11) is 0. The van der Waals surface area contributed by atoms with Crippen LogP contribution in [0.4, 0.5) is 10.2 Å². The fraction of sp³-hybridized carbons (Fsp3) is 0.125. The zero-order valence-corrected chi connectivity index (χ0v) is 8.18. The van der Waals surface area contributed by atoms with Gasteiger partial charge in [-0.1, -0.05) is 0 Å². The Morgan fingerprint density at radius 3 is 2.79 bits per heavy atom. The Hall–Kier alpha value is -1.56. The van der Waals surface area contributed by atoms with Gasteiger partial charge in [-0.15, -0.1) is 11.3 Å². The number of aromatic nitrogens is 3. The molecule has 2 rings (SSSR count). The molecule has 0 atom stereocenters. The SMILES string of the molecule is Cc1nc(-c2cscn2)nc(N)c1F. The van der Waals surface area contributed by atoms with Crippen LogP contribution in [0.15, 0.2) is 10.9 Å². The highest BCUT2D eigenvalue weighted by atomic mass is 32.1. The molecule has 0 spiro atoms. The quantitative estimate of drug-likeness (QED) is 0.776. The first-order valence-electron chi connectivity index (χ1n) is 3.86. The van der Waals surface area contributed by atoms with Crippen molar-refractivity contribution >= 4 is 17.2 Å². The molecular formula is C8H7FN4S. The highest BCUT2D eigenvalue weighted by molar-refractivity contribution is 7.07. The molecule has 0 aromatic carbocycles. The van der Waals surface area contributed by atoms with Crippen molar-refractivity contribution < 1.29 is 4.39 Å². The minimum absolute atomic E-state index is 0.138. The standard InChI is InChI=1S/C8H7FN4S/c1-4-6(9)7(10)13-8(12-4)5-2-14-3-11-5/h2-3H,1H3,(H2,10,12,13). The van der Waals surface area contributed by atoms with Gasteiger partial charge >= 0.3 is 0 Å². The Labute approximate surface area is 83.7 Å². The maximum absolute atomic E-state index is 13.1. The molecule has 2 aromatic rings. The highest BCUT2D eigenvalue weighted by Crippen LogP contribution is 2.18. The molecule has 0 radical (unpaired) electrons. The summed E-state index contributed by atoms with van der Waals surface area (Å²) in [6.45, 7) is 1.54. The molecule has 72 valence electrons. The summed E-state index contributed by atoms with van der Waals surface area (Å²) in [5.74, 6) is -0.341. The van der Waals surface area contributed by atoms with E-state index in [0.717, 1.165) is 0 Å². The Bertz CT molecular complexity index is 431. The molecule has 2 aromatic heterocycles. The molecule has 0 saturated carbocycles. The van der Waals surface area contributed by atoms with Gasteiger partial charge < -0.3 is 5.73 Å². The molecule has 6 heteroatoms. The van der Waals surface area contributed by atoms with Crippen LogP contribution < -0.4 is 5.73 Å². The first-order valence-corrected chi connectivity index (χ1v) is 4.81. The minimum atomic E-state index is -0.566. The smallest absolute Gasteiger partial charge is 0.186 e. The van der Waals surface area contributed by atoms with Gasteiger partial charge in [0.05, 0.1) is 11.2 Å². The normalized spacial score (nSPS) is 10.4. The van der Waals surface area contributed by atoms with Crippen molar-refractivity contribution in [3.63, 3.8) is 0 Å². The number of aryl methyl sites for hydroxylation is 1. The van der Waals surface area contributed by atoms with Crippen LogP contribution >= 0.6 is 11.3 Å². The zero-order valence-electron chi connectivity index (χ0n) is 7.36. The van der Waals surface area contributed by atoms with Crippen molar-refractivity contribution in [2.24, 2.45) is 0 Å². The van der Waals surface area contributed by atoms with Crippen LogP contribution in [0.1, 0.15) is 5.69 Å². The average molecular weight is 210 g/mol. The van der Waals surface area contributed by atoms with Gasteiger partial charge in [-0.05, 0) is 6.92 Å². The molecule has 0 aliphatic heterocycles. The van der Waals surface area contributed by atoms with Crippen LogP contribution in [-0.4, -0.2) is 15.0 Å². The monoisotopic (exact) mass is 210 g/mol. The fourth-order valence-electron chi connectivity index (χ4n) is 1.02. The molecule has 2 heterocycles. The maximum Gasteiger partial charge on any atom is 0.186 e. The van der Waals surface area contributed by atoms with Crippen molar-refractivity contribution in [2.75, 3.05) is 5.73 Å². The molecule has 14 heavy (non-hydrogen) atoms. The lowest BCUT2D eigenvalue weighted by Crippen LogP contribution is -2.02. The lowest BCUT2D eigenvalue weighted by atomic mass is 10.3. The van der Waals surface area contributed by atoms with Crippen LogP contribution in [-0.2, 0) is 0 Å². The minimum Gasteiger partial charge on any atom is -0.381 e. The first-order chi connectivity index (χ1) is 6.68. The Kier molecular flexibility index (Phi) is 2.12. The van der Waals surface area contributed by atoms with Crippen molar-refractivity contribution in [3.8, 4) is 11.5 Å². The van der Waals surface area contributed by atoms with Gasteiger partial charge in [0.2, 0.25) is 0 Å². The van der Waals surface area contributed by atoms with Gasteiger partial charge in [0.15, 0.2) is 17.5 Å². The molecule has 4 nitrogen and oxygen atoms in total. The molecule has 0 saturated heterocycles. The highest BCUT2D eigenvalue weighted by Gasteiger charge is 2.10. The summed E-state index contributed by atoms with van der Waals surface area (Å²) in [5.41, 5.74) is 7.89. The molecule has 0 aliphatic carbocycles. The van der Waals surface area contributed by atoms with E-state index < -0.39 is 5.82 Å². The fourth-order valence-corrected chi connectivity index (χ4v) is 1.55. The summed E-state index contributed by atoms with van der Waals surface area (Å²) in [5, 5.41) is 1.78. The average Bonchev–Trinajstić information content (AvgIpc) is 2.66. The van der Waals surface area contributed by atoms with E-state index in [2.05, 4.69) is 15.0 Å². The van der Waals surface area contributed by atoms with Gasteiger partial charge in [0.25, 0.3) is 0 Å². The van der Waals surface area contributed by atoms with Gasteiger partial charge in [-0.25, -0.2) is 19.3 Å². The van der Waals surface area contributed by atoms with Crippen molar-refractivity contribution in [1.29, 1.82) is 0 Å². The maximum atomic E-state index is 13.1. The molecule has 0 unspecified atom stereocenters. The molecule has 0 bridgehead atoms. The molecule has 0 fully saturated rings. The van der Waals surface area contributed by atoms with Crippen molar-refractivity contribution in [1.82, 2.24) is 15.0 Å². The first kappa shape index (κ1) is 9.01. The van der Waals surface area contributed by atoms with E-state index in [1.165, 1.54) is 11.3 Å². The molecular weight excluding hydrogens is 203 g/mol. The number of nitrogens with two attached hydrogens (primary N) is 1. The second-order valence-corrected chi connectivity index (χ2v) is 3.42. The van der Waals surface area contributed by atoms with E-state index >= 15 is 0 Å².